The van der Waals surface area contributed by atoms with Crippen molar-refractivity contribution in [3.8, 4) is 0 Å². The van der Waals surface area contributed by atoms with Crippen molar-refractivity contribution in [2.24, 2.45) is 0 Å². The van der Waals surface area contributed by atoms with Gasteiger partial charge in [0.15, 0.2) is 0 Å². The van der Waals surface area contributed by atoms with E-state index >= 15 is 0 Å². The topological polar surface area (TPSA) is 99.3 Å². The van der Waals surface area contributed by atoms with Crippen LogP contribution in [0, 0.1) is 0 Å². The molecule has 0 bridgehead atoms. The smallest absolute Gasteiger partial charge is 0.272 e. The standard InChI is InChI=1S/C22H23N5O3/c1-2-20(28)26-9-11-27(12-10-26)22(30)15-7-8-23-16(13-15)14-19-17-5-3-4-6-18(17)21(29)25-24-19/h3-8,13H,2,9-12,14H2,1H3,(H,25,29). The van der Waals surface area contributed by atoms with Gasteiger partial charge < -0.3 is 9.80 Å². The second kappa shape index (κ2) is 8.44. The minimum atomic E-state index is -0.230. The number of fused-ring (bicyclic) bond motifs is 1. The Hall–Kier alpha value is -3.55. The van der Waals surface area contributed by atoms with E-state index in [4.69, 9.17) is 0 Å². The molecule has 0 unspecified atom stereocenters. The van der Waals surface area contributed by atoms with Crippen LogP contribution in [0.25, 0.3) is 10.8 Å². The van der Waals surface area contributed by atoms with Crippen LogP contribution in [0.3, 0.4) is 0 Å². The number of pyridine rings is 1. The molecule has 1 aliphatic heterocycles. The number of piperazine rings is 1. The van der Waals surface area contributed by atoms with Gasteiger partial charge in [-0.25, -0.2) is 5.10 Å². The molecular weight excluding hydrogens is 382 g/mol. The summed E-state index contributed by atoms with van der Waals surface area (Å²) in [5.74, 6) is 0.0514. The Morgan fingerprint density at radius 3 is 2.47 bits per heavy atom. The van der Waals surface area contributed by atoms with Crippen molar-refractivity contribution in [3.05, 3.63) is 69.9 Å². The van der Waals surface area contributed by atoms with Gasteiger partial charge in [0.1, 0.15) is 0 Å². The van der Waals surface area contributed by atoms with Crippen LogP contribution in [0.15, 0.2) is 47.4 Å². The van der Waals surface area contributed by atoms with E-state index in [1.165, 1.54) is 0 Å². The van der Waals surface area contributed by atoms with Crippen LogP contribution in [0.1, 0.15) is 35.1 Å². The zero-order valence-electron chi connectivity index (χ0n) is 16.8. The van der Waals surface area contributed by atoms with Crippen LogP contribution in [0.2, 0.25) is 0 Å². The lowest BCUT2D eigenvalue weighted by molar-refractivity contribution is -0.132. The molecule has 0 aliphatic carbocycles. The van der Waals surface area contributed by atoms with E-state index in [0.29, 0.717) is 61.4 Å². The van der Waals surface area contributed by atoms with Crippen LogP contribution in [-0.2, 0) is 11.2 Å². The minimum absolute atomic E-state index is 0.0680. The number of carbonyl (C=O) groups is 2. The van der Waals surface area contributed by atoms with Crippen molar-refractivity contribution < 1.29 is 9.59 Å². The fraction of sp³-hybridized carbons (Fsp3) is 0.318. The summed E-state index contributed by atoms with van der Waals surface area (Å²) >= 11 is 0. The number of H-pyrrole nitrogens is 1. The van der Waals surface area contributed by atoms with E-state index in [-0.39, 0.29) is 17.4 Å². The van der Waals surface area contributed by atoms with E-state index in [0.717, 1.165) is 5.39 Å². The van der Waals surface area contributed by atoms with Gasteiger partial charge >= 0.3 is 0 Å². The number of aromatic amines is 1. The molecule has 3 heterocycles. The van der Waals surface area contributed by atoms with Gasteiger partial charge in [0, 0.05) is 61.9 Å². The number of carbonyl (C=O) groups excluding carboxylic acids is 2. The van der Waals surface area contributed by atoms with Crippen LogP contribution in [-0.4, -0.2) is 63.0 Å². The van der Waals surface area contributed by atoms with Gasteiger partial charge in [-0.3, -0.25) is 19.4 Å². The minimum Gasteiger partial charge on any atom is -0.339 e. The highest BCUT2D eigenvalue weighted by Gasteiger charge is 2.24. The average molecular weight is 405 g/mol. The number of nitrogens with zero attached hydrogens (tertiary/aromatic N) is 4. The first-order chi connectivity index (χ1) is 14.6. The van der Waals surface area contributed by atoms with Crippen LogP contribution < -0.4 is 5.56 Å². The molecular formula is C22H23N5O3. The maximum atomic E-state index is 12.9. The SMILES string of the molecule is CCC(=O)N1CCN(C(=O)c2ccnc(Cc3n[nH]c(=O)c4ccccc34)c2)CC1. The summed E-state index contributed by atoms with van der Waals surface area (Å²) in [5, 5.41) is 8.07. The maximum Gasteiger partial charge on any atom is 0.272 e. The van der Waals surface area contributed by atoms with E-state index in [1.54, 1.807) is 34.2 Å². The number of rotatable bonds is 4. The lowest BCUT2D eigenvalue weighted by atomic mass is 10.1. The molecule has 2 aromatic heterocycles. The second-order valence-corrected chi connectivity index (χ2v) is 7.28. The van der Waals surface area contributed by atoms with E-state index in [9.17, 15) is 14.4 Å². The molecule has 0 spiro atoms. The Morgan fingerprint density at radius 1 is 1.03 bits per heavy atom. The van der Waals surface area contributed by atoms with Crippen molar-refractivity contribution >= 4 is 22.6 Å². The van der Waals surface area contributed by atoms with Crippen molar-refractivity contribution in [3.63, 3.8) is 0 Å². The fourth-order valence-electron chi connectivity index (χ4n) is 3.75. The molecule has 8 heteroatoms. The number of hydrogen-bond donors (Lipinski definition) is 1. The summed E-state index contributed by atoms with van der Waals surface area (Å²) < 4.78 is 0. The number of hydrogen-bond acceptors (Lipinski definition) is 5. The predicted octanol–water partition coefficient (Wildman–Crippen LogP) is 1.60. The van der Waals surface area contributed by atoms with Crippen molar-refractivity contribution in [2.75, 3.05) is 26.2 Å². The number of benzene rings is 1. The van der Waals surface area contributed by atoms with Gasteiger partial charge in [0.25, 0.3) is 11.5 Å². The first kappa shape index (κ1) is 19.8. The molecule has 2 amide bonds. The van der Waals surface area contributed by atoms with E-state index in [1.807, 2.05) is 25.1 Å². The van der Waals surface area contributed by atoms with E-state index < -0.39 is 0 Å². The van der Waals surface area contributed by atoms with Gasteiger partial charge in [-0.1, -0.05) is 25.1 Å². The Kier molecular flexibility index (Phi) is 5.56. The zero-order chi connectivity index (χ0) is 21.1. The second-order valence-electron chi connectivity index (χ2n) is 7.28. The Bertz CT molecular complexity index is 1150. The summed E-state index contributed by atoms with van der Waals surface area (Å²) in [5.41, 5.74) is 1.73. The lowest BCUT2D eigenvalue weighted by Gasteiger charge is -2.34. The molecule has 0 atom stereocenters. The molecule has 1 aliphatic rings. The van der Waals surface area contributed by atoms with Crippen LogP contribution in [0.4, 0.5) is 0 Å². The summed E-state index contributed by atoms with van der Waals surface area (Å²) in [4.78, 5) is 44.7. The Morgan fingerprint density at radius 2 is 1.73 bits per heavy atom. The summed E-state index contributed by atoms with van der Waals surface area (Å²) in [6, 6.07) is 10.8. The monoisotopic (exact) mass is 405 g/mol. The predicted molar refractivity (Wildman–Crippen MR) is 112 cm³/mol. The van der Waals surface area contributed by atoms with Gasteiger partial charge in [0.2, 0.25) is 5.91 Å². The molecule has 4 rings (SSSR count). The molecule has 1 fully saturated rings. The highest BCUT2D eigenvalue weighted by molar-refractivity contribution is 5.94. The first-order valence-electron chi connectivity index (χ1n) is 10.0. The molecule has 0 radical (unpaired) electrons. The third-order valence-electron chi connectivity index (χ3n) is 5.41. The highest BCUT2D eigenvalue weighted by atomic mass is 16.2. The Balaban J connectivity index is 1.51. The van der Waals surface area contributed by atoms with Crippen LogP contribution in [0.5, 0.6) is 0 Å². The van der Waals surface area contributed by atoms with E-state index in [2.05, 4.69) is 15.2 Å². The fourth-order valence-corrected chi connectivity index (χ4v) is 3.75. The van der Waals surface area contributed by atoms with Gasteiger partial charge in [-0.15, -0.1) is 0 Å². The number of amides is 2. The Labute approximate surface area is 173 Å². The summed E-state index contributed by atoms with van der Waals surface area (Å²) in [6.07, 6.45) is 2.50. The normalized spacial score (nSPS) is 14.2. The first-order valence-corrected chi connectivity index (χ1v) is 10.0. The molecule has 1 saturated heterocycles. The van der Waals surface area contributed by atoms with Gasteiger partial charge in [-0.2, -0.15) is 5.10 Å². The number of nitrogens with one attached hydrogen (secondary N) is 1. The molecule has 8 nitrogen and oxygen atoms in total. The largest absolute Gasteiger partial charge is 0.339 e. The maximum absolute atomic E-state index is 12.9. The summed E-state index contributed by atoms with van der Waals surface area (Å²) in [7, 11) is 0. The van der Waals surface area contributed by atoms with Crippen molar-refractivity contribution in [1.29, 1.82) is 0 Å². The summed E-state index contributed by atoms with van der Waals surface area (Å²) in [6.45, 7) is 4.01. The third kappa shape index (κ3) is 3.94. The zero-order valence-corrected chi connectivity index (χ0v) is 16.8. The quantitative estimate of drug-likeness (QED) is 0.711. The molecule has 0 saturated carbocycles. The van der Waals surface area contributed by atoms with Gasteiger partial charge in [-0.05, 0) is 18.2 Å². The van der Waals surface area contributed by atoms with Crippen molar-refractivity contribution in [1.82, 2.24) is 25.0 Å². The highest BCUT2D eigenvalue weighted by Crippen LogP contribution is 2.17. The molecule has 30 heavy (non-hydrogen) atoms. The van der Waals surface area contributed by atoms with Crippen molar-refractivity contribution in [2.45, 2.75) is 19.8 Å². The van der Waals surface area contributed by atoms with Crippen LogP contribution >= 0.6 is 0 Å². The average Bonchev–Trinajstić information content (AvgIpc) is 2.80. The molecule has 1 N–H and O–H groups in total. The molecule has 1 aromatic carbocycles. The third-order valence-corrected chi connectivity index (χ3v) is 5.41. The van der Waals surface area contributed by atoms with Gasteiger partial charge in [0.05, 0.1) is 11.1 Å². The molecule has 154 valence electrons. The lowest BCUT2D eigenvalue weighted by Crippen LogP contribution is -2.50. The number of aromatic nitrogens is 3. The molecule has 3 aromatic rings.